The molecule has 1 aliphatic heterocycles. The number of rotatable bonds is 7. The number of anilines is 1. The molecular formula is C30H30F3N9O. The van der Waals surface area contributed by atoms with E-state index >= 15 is 0 Å². The highest BCUT2D eigenvalue weighted by molar-refractivity contribution is 5.86. The molecule has 1 atom stereocenters. The third-order valence-corrected chi connectivity index (χ3v) is 8.15. The Morgan fingerprint density at radius 3 is 2.49 bits per heavy atom. The molecule has 1 saturated heterocycles. The third-order valence-electron chi connectivity index (χ3n) is 8.15. The number of ether oxygens (including phenoxy) is 1. The summed E-state index contributed by atoms with van der Waals surface area (Å²) in [4.78, 5) is 32.6. The maximum Gasteiger partial charge on any atom is 0.434 e. The molecule has 0 spiro atoms. The van der Waals surface area contributed by atoms with E-state index in [1.54, 1.807) is 18.0 Å². The maximum absolute atomic E-state index is 13.5. The van der Waals surface area contributed by atoms with Crippen molar-refractivity contribution in [1.29, 1.82) is 0 Å². The second kappa shape index (κ2) is 10.3. The standard InChI is InChI=1S/C30H30F3N9O/c1-16(2)42-13-21(30(31,32)33)38-27(42)19-10-6-17(7-11-19)20-5-4-12-41(20)28-24-26(36-14-35-24)39-25(40-28)22-23(18-8-9-18)34-15-37-29(22)43-3/h6-7,10-11,13-16,18,20H,4-5,8-9,12H2,1-3H3,(H,35,36,39,40). The molecule has 222 valence electrons. The summed E-state index contributed by atoms with van der Waals surface area (Å²) < 4.78 is 47.5. The van der Waals surface area contributed by atoms with Crippen LogP contribution >= 0.6 is 0 Å². The molecule has 10 nitrogen and oxygen atoms in total. The van der Waals surface area contributed by atoms with Gasteiger partial charge in [-0.1, -0.05) is 24.3 Å². The van der Waals surface area contributed by atoms with Gasteiger partial charge in [0.1, 0.15) is 23.2 Å². The summed E-state index contributed by atoms with van der Waals surface area (Å²) in [6.07, 6.45) is 3.62. The van der Waals surface area contributed by atoms with E-state index in [0.717, 1.165) is 61.0 Å². The van der Waals surface area contributed by atoms with Crippen LogP contribution in [-0.2, 0) is 6.18 Å². The lowest BCUT2D eigenvalue weighted by atomic mass is 10.0. The number of methoxy groups -OCH3 is 1. The minimum absolute atomic E-state index is 0.00398. The largest absolute Gasteiger partial charge is 0.480 e. The van der Waals surface area contributed by atoms with Crippen molar-refractivity contribution in [3.63, 3.8) is 0 Å². The van der Waals surface area contributed by atoms with Crippen LogP contribution in [0.25, 0.3) is 33.9 Å². The molecule has 0 bridgehead atoms. The average molecular weight is 590 g/mol. The number of hydrogen-bond acceptors (Lipinski definition) is 8. The van der Waals surface area contributed by atoms with Crippen molar-refractivity contribution < 1.29 is 17.9 Å². The summed E-state index contributed by atoms with van der Waals surface area (Å²) in [5, 5.41) is 0. The molecular weight excluding hydrogens is 559 g/mol. The second-order valence-corrected chi connectivity index (χ2v) is 11.3. The van der Waals surface area contributed by atoms with Crippen LogP contribution in [0.4, 0.5) is 19.0 Å². The highest BCUT2D eigenvalue weighted by Gasteiger charge is 2.36. The number of nitrogens with zero attached hydrogens (tertiary/aromatic N) is 8. The number of fused-ring (bicyclic) bond motifs is 1. The SMILES string of the molecule is COc1ncnc(C2CC2)c1-c1nc(N2CCCC2c2ccc(-c3nc(C(F)(F)F)cn3C(C)C)cc2)c2[nH]cnc2n1. The monoisotopic (exact) mass is 589 g/mol. The molecule has 2 fully saturated rings. The van der Waals surface area contributed by atoms with Gasteiger partial charge in [0.25, 0.3) is 0 Å². The summed E-state index contributed by atoms with van der Waals surface area (Å²) in [5.74, 6) is 2.24. The van der Waals surface area contributed by atoms with Crippen molar-refractivity contribution in [3.05, 3.63) is 60.1 Å². The van der Waals surface area contributed by atoms with Crippen molar-refractivity contribution in [2.45, 2.75) is 63.7 Å². The Morgan fingerprint density at radius 2 is 1.79 bits per heavy atom. The van der Waals surface area contributed by atoms with Gasteiger partial charge in [-0.2, -0.15) is 13.2 Å². The smallest absolute Gasteiger partial charge is 0.434 e. The summed E-state index contributed by atoms with van der Waals surface area (Å²) >= 11 is 0. The lowest BCUT2D eigenvalue weighted by Gasteiger charge is -2.27. The predicted octanol–water partition coefficient (Wildman–Crippen LogP) is 6.50. The van der Waals surface area contributed by atoms with Gasteiger partial charge in [0.15, 0.2) is 23.0 Å². The van der Waals surface area contributed by atoms with Gasteiger partial charge in [-0.3, -0.25) is 0 Å². The quantitative estimate of drug-likeness (QED) is 0.229. The van der Waals surface area contributed by atoms with Gasteiger partial charge in [0.05, 0.1) is 25.2 Å². The molecule has 13 heteroatoms. The number of imidazole rings is 2. The minimum atomic E-state index is -4.51. The number of hydrogen-bond donors (Lipinski definition) is 1. The van der Waals surface area contributed by atoms with E-state index in [9.17, 15) is 13.2 Å². The van der Waals surface area contributed by atoms with E-state index in [2.05, 4.69) is 29.8 Å². The number of aromatic amines is 1. The van der Waals surface area contributed by atoms with Crippen LogP contribution in [0.1, 0.15) is 74.5 Å². The van der Waals surface area contributed by atoms with E-state index in [1.165, 1.54) is 6.33 Å². The maximum atomic E-state index is 13.5. The highest BCUT2D eigenvalue weighted by Crippen LogP contribution is 2.46. The van der Waals surface area contributed by atoms with Crippen molar-refractivity contribution in [1.82, 2.24) is 39.5 Å². The first kappa shape index (κ1) is 27.3. The Balaban J connectivity index is 1.27. The van der Waals surface area contributed by atoms with Gasteiger partial charge >= 0.3 is 6.18 Å². The molecule has 2 aliphatic rings. The number of halogens is 3. The van der Waals surface area contributed by atoms with Gasteiger partial charge in [0.2, 0.25) is 5.88 Å². The summed E-state index contributed by atoms with van der Waals surface area (Å²) in [6, 6.07) is 7.45. The predicted molar refractivity (Wildman–Crippen MR) is 154 cm³/mol. The Bertz CT molecular complexity index is 1790. The third kappa shape index (κ3) is 4.86. The fourth-order valence-electron chi connectivity index (χ4n) is 5.91. The number of H-pyrrole nitrogens is 1. The number of benzene rings is 1. The van der Waals surface area contributed by atoms with Gasteiger partial charge in [0, 0.05) is 30.3 Å². The molecule has 0 radical (unpaired) electrons. The summed E-state index contributed by atoms with van der Waals surface area (Å²) in [6.45, 7) is 4.45. The lowest BCUT2D eigenvalue weighted by Crippen LogP contribution is -2.24. The van der Waals surface area contributed by atoms with Crippen LogP contribution in [0.2, 0.25) is 0 Å². The van der Waals surface area contributed by atoms with Crippen molar-refractivity contribution in [3.8, 4) is 28.7 Å². The molecule has 1 N–H and O–H groups in total. The first-order valence-corrected chi connectivity index (χ1v) is 14.4. The van der Waals surface area contributed by atoms with Crippen molar-refractivity contribution >= 4 is 17.0 Å². The molecule has 43 heavy (non-hydrogen) atoms. The molecule has 1 unspecified atom stereocenters. The second-order valence-electron chi connectivity index (χ2n) is 11.3. The molecule has 4 aromatic heterocycles. The molecule has 7 rings (SSSR count). The zero-order valence-corrected chi connectivity index (χ0v) is 23.9. The van der Waals surface area contributed by atoms with Gasteiger partial charge in [-0.05, 0) is 45.1 Å². The molecule has 5 aromatic rings. The van der Waals surface area contributed by atoms with E-state index < -0.39 is 11.9 Å². The van der Waals surface area contributed by atoms with Gasteiger partial charge in [-0.25, -0.2) is 29.9 Å². The Labute approximate surface area is 245 Å². The average Bonchev–Trinajstić information content (AvgIpc) is 3.37. The Morgan fingerprint density at radius 1 is 1.00 bits per heavy atom. The van der Waals surface area contributed by atoms with E-state index in [4.69, 9.17) is 14.7 Å². The number of aromatic nitrogens is 8. The summed E-state index contributed by atoms with van der Waals surface area (Å²) in [5.41, 5.74) is 3.61. The van der Waals surface area contributed by atoms with E-state index in [1.807, 2.05) is 38.1 Å². The van der Waals surface area contributed by atoms with E-state index in [0.29, 0.717) is 40.2 Å². The lowest BCUT2D eigenvalue weighted by molar-refractivity contribution is -0.140. The fraction of sp³-hybridized carbons (Fsp3) is 0.400. The van der Waals surface area contributed by atoms with Crippen molar-refractivity contribution in [2.75, 3.05) is 18.6 Å². The molecule has 0 amide bonds. The van der Waals surface area contributed by atoms with E-state index in [-0.39, 0.29) is 12.1 Å². The van der Waals surface area contributed by atoms with Crippen LogP contribution in [-0.4, -0.2) is 53.1 Å². The van der Waals surface area contributed by atoms with Gasteiger partial charge in [-0.15, -0.1) is 0 Å². The van der Waals surface area contributed by atoms with Crippen LogP contribution in [0, 0.1) is 0 Å². The molecule has 1 aliphatic carbocycles. The molecule has 5 heterocycles. The van der Waals surface area contributed by atoms with Crippen LogP contribution in [0.3, 0.4) is 0 Å². The van der Waals surface area contributed by atoms with Crippen LogP contribution in [0.5, 0.6) is 5.88 Å². The summed E-state index contributed by atoms with van der Waals surface area (Å²) in [7, 11) is 1.58. The normalized spacial score (nSPS) is 17.4. The highest BCUT2D eigenvalue weighted by atomic mass is 19.4. The Kier molecular flexibility index (Phi) is 6.55. The number of alkyl halides is 3. The van der Waals surface area contributed by atoms with Crippen LogP contribution in [0.15, 0.2) is 43.1 Å². The van der Waals surface area contributed by atoms with Crippen molar-refractivity contribution in [2.24, 2.45) is 0 Å². The first-order valence-electron chi connectivity index (χ1n) is 14.4. The minimum Gasteiger partial charge on any atom is -0.480 e. The zero-order chi connectivity index (χ0) is 29.9. The zero-order valence-electron chi connectivity index (χ0n) is 23.9. The molecule has 1 aromatic carbocycles. The first-order chi connectivity index (χ1) is 20.7. The topological polar surface area (TPSA) is 111 Å². The van der Waals surface area contributed by atoms with Crippen LogP contribution < -0.4 is 9.64 Å². The fourth-order valence-corrected chi connectivity index (χ4v) is 5.91. The van der Waals surface area contributed by atoms with Gasteiger partial charge < -0.3 is 19.2 Å². The Hall–Kier alpha value is -4.55. The molecule has 1 saturated carbocycles. The number of nitrogens with one attached hydrogen (secondary N) is 1.